The van der Waals surface area contributed by atoms with E-state index in [2.05, 4.69) is 26.0 Å². The number of allylic oxidation sites excluding steroid dienone is 1. The van der Waals surface area contributed by atoms with Gasteiger partial charge in [0.05, 0.1) is 18.6 Å². The van der Waals surface area contributed by atoms with Gasteiger partial charge in [0.15, 0.2) is 0 Å². The highest BCUT2D eigenvalue weighted by atomic mass is 16.7. The van der Waals surface area contributed by atoms with Gasteiger partial charge < -0.3 is 14.2 Å². The zero-order chi connectivity index (χ0) is 16.2. The number of hydrogen-bond donors (Lipinski definition) is 0. The molecule has 0 bridgehead atoms. The number of fused-ring (bicyclic) bond motifs is 1. The molecule has 0 radical (unpaired) electrons. The molecule has 2 aliphatic carbocycles. The van der Waals surface area contributed by atoms with Crippen molar-refractivity contribution in [3.8, 4) is 0 Å². The van der Waals surface area contributed by atoms with Crippen LogP contribution in [-0.2, 0) is 19.0 Å². The Bertz CT molecular complexity index is 406. The van der Waals surface area contributed by atoms with E-state index in [1.165, 1.54) is 12.8 Å². The van der Waals surface area contributed by atoms with E-state index in [1.54, 1.807) is 7.11 Å². The molecule has 22 heavy (non-hydrogen) atoms. The summed E-state index contributed by atoms with van der Waals surface area (Å²) in [5.74, 6) is 1.55. The van der Waals surface area contributed by atoms with Gasteiger partial charge in [-0.1, -0.05) is 25.5 Å². The standard InChI is InChI=1S/C18H30O4/c1-5-22-17(19)18(3)15(11-21-12-20-4)8-7-14-10-13(2)6-9-16(14)18/h7-8,13-16H,5-6,9-12H2,1-4H3/t13-,14-,15+,16-,18-/m1/s1. The summed E-state index contributed by atoms with van der Waals surface area (Å²) in [5.41, 5.74) is -0.497. The number of ether oxygens (including phenoxy) is 3. The first-order valence-corrected chi connectivity index (χ1v) is 8.46. The van der Waals surface area contributed by atoms with E-state index in [1.807, 2.05) is 6.92 Å². The van der Waals surface area contributed by atoms with Crippen molar-refractivity contribution in [3.05, 3.63) is 12.2 Å². The van der Waals surface area contributed by atoms with Crippen LogP contribution in [0.15, 0.2) is 12.2 Å². The fourth-order valence-corrected chi connectivity index (χ4v) is 4.21. The normalized spacial score (nSPS) is 37.6. The molecule has 0 spiro atoms. The zero-order valence-corrected chi connectivity index (χ0v) is 14.3. The van der Waals surface area contributed by atoms with E-state index in [-0.39, 0.29) is 18.7 Å². The number of rotatable bonds is 6. The van der Waals surface area contributed by atoms with Crippen LogP contribution in [0.1, 0.15) is 40.0 Å². The molecule has 5 atom stereocenters. The Kier molecular flexibility index (Phi) is 6.04. The van der Waals surface area contributed by atoms with Crippen LogP contribution in [-0.4, -0.2) is 33.1 Å². The summed E-state index contributed by atoms with van der Waals surface area (Å²) < 4.78 is 16.0. The SMILES string of the molecule is CCOC(=O)[C@@]1(C)[C@@H]2CC[C@@H](C)C[C@H]2C=C[C@H]1COCOC. The molecule has 126 valence electrons. The van der Waals surface area contributed by atoms with Gasteiger partial charge in [-0.2, -0.15) is 0 Å². The van der Waals surface area contributed by atoms with Crippen LogP contribution in [0.3, 0.4) is 0 Å². The molecule has 4 nitrogen and oxygen atoms in total. The molecule has 0 heterocycles. The van der Waals surface area contributed by atoms with Gasteiger partial charge >= 0.3 is 5.97 Å². The minimum Gasteiger partial charge on any atom is -0.466 e. The summed E-state index contributed by atoms with van der Waals surface area (Å²) in [6.45, 7) is 7.43. The summed E-state index contributed by atoms with van der Waals surface area (Å²) in [6.07, 6.45) is 7.93. The lowest BCUT2D eigenvalue weighted by atomic mass is 9.55. The van der Waals surface area contributed by atoms with Crippen molar-refractivity contribution < 1.29 is 19.0 Å². The van der Waals surface area contributed by atoms with Crippen molar-refractivity contribution in [1.82, 2.24) is 0 Å². The first-order chi connectivity index (χ1) is 10.5. The summed E-state index contributed by atoms with van der Waals surface area (Å²) >= 11 is 0. The molecule has 2 rings (SSSR count). The third-order valence-corrected chi connectivity index (χ3v) is 5.51. The first-order valence-electron chi connectivity index (χ1n) is 8.46. The highest BCUT2D eigenvalue weighted by Crippen LogP contribution is 2.52. The van der Waals surface area contributed by atoms with Crippen molar-refractivity contribution in [3.63, 3.8) is 0 Å². The maximum absolute atomic E-state index is 12.8. The van der Waals surface area contributed by atoms with Crippen LogP contribution >= 0.6 is 0 Å². The van der Waals surface area contributed by atoms with Gasteiger partial charge in [-0.3, -0.25) is 4.79 Å². The molecular formula is C18H30O4. The molecule has 0 aromatic heterocycles. The van der Waals surface area contributed by atoms with Crippen molar-refractivity contribution in [2.75, 3.05) is 27.1 Å². The second kappa shape index (κ2) is 7.60. The summed E-state index contributed by atoms with van der Waals surface area (Å²) in [6, 6.07) is 0. The third kappa shape index (κ3) is 3.38. The number of carbonyl (C=O) groups excluding carboxylic acids is 1. The van der Waals surface area contributed by atoms with E-state index in [0.29, 0.717) is 25.0 Å². The molecule has 0 N–H and O–H groups in total. The van der Waals surface area contributed by atoms with Gasteiger partial charge in [0.2, 0.25) is 0 Å². The van der Waals surface area contributed by atoms with Gasteiger partial charge in [-0.05, 0) is 44.4 Å². The number of carbonyl (C=O) groups is 1. The van der Waals surface area contributed by atoms with Crippen molar-refractivity contribution in [2.24, 2.45) is 29.1 Å². The predicted molar refractivity (Wildman–Crippen MR) is 85.2 cm³/mol. The molecular weight excluding hydrogens is 280 g/mol. The Labute approximate surface area is 134 Å². The van der Waals surface area contributed by atoms with Crippen LogP contribution in [0.2, 0.25) is 0 Å². The van der Waals surface area contributed by atoms with Crippen LogP contribution in [0.4, 0.5) is 0 Å². The summed E-state index contributed by atoms with van der Waals surface area (Å²) in [7, 11) is 1.61. The van der Waals surface area contributed by atoms with Crippen molar-refractivity contribution in [2.45, 2.75) is 40.0 Å². The fourth-order valence-electron chi connectivity index (χ4n) is 4.21. The largest absolute Gasteiger partial charge is 0.466 e. The second-order valence-corrected chi connectivity index (χ2v) is 6.96. The van der Waals surface area contributed by atoms with Crippen LogP contribution in [0.5, 0.6) is 0 Å². The maximum Gasteiger partial charge on any atom is 0.312 e. The van der Waals surface area contributed by atoms with E-state index in [0.717, 1.165) is 12.3 Å². The average molecular weight is 310 g/mol. The Morgan fingerprint density at radius 3 is 2.77 bits per heavy atom. The van der Waals surface area contributed by atoms with Crippen molar-refractivity contribution in [1.29, 1.82) is 0 Å². The monoisotopic (exact) mass is 310 g/mol. The lowest BCUT2D eigenvalue weighted by Crippen LogP contribution is -2.50. The van der Waals surface area contributed by atoms with Gasteiger partial charge in [0.25, 0.3) is 0 Å². The molecule has 1 fully saturated rings. The molecule has 0 aliphatic heterocycles. The first kappa shape index (κ1) is 17.5. The Morgan fingerprint density at radius 2 is 2.09 bits per heavy atom. The minimum absolute atomic E-state index is 0.0522. The second-order valence-electron chi connectivity index (χ2n) is 6.96. The Morgan fingerprint density at radius 1 is 1.32 bits per heavy atom. The molecule has 2 aliphatic rings. The molecule has 0 amide bonds. The third-order valence-electron chi connectivity index (χ3n) is 5.51. The lowest BCUT2D eigenvalue weighted by Gasteiger charge is -2.49. The van der Waals surface area contributed by atoms with Crippen LogP contribution in [0.25, 0.3) is 0 Å². The van der Waals surface area contributed by atoms with Crippen LogP contribution in [0, 0.1) is 29.1 Å². The van der Waals surface area contributed by atoms with E-state index < -0.39 is 5.41 Å². The van der Waals surface area contributed by atoms with E-state index >= 15 is 0 Å². The van der Waals surface area contributed by atoms with Gasteiger partial charge in [-0.15, -0.1) is 0 Å². The Hall–Kier alpha value is -0.870. The smallest absolute Gasteiger partial charge is 0.312 e. The fraction of sp³-hybridized carbons (Fsp3) is 0.833. The quantitative estimate of drug-likeness (QED) is 0.326. The molecule has 0 aromatic carbocycles. The maximum atomic E-state index is 12.8. The van der Waals surface area contributed by atoms with Gasteiger partial charge in [0, 0.05) is 13.0 Å². The van der Waals surface area contributed by atoms with Gasteiger partial charge in [0.1, 0.15) is 6.79 Å². The van der Waals surface area contributed by atoms with Gasteiger partial charge in [-0.25, -0.2) is 0 Å². The van der Waals surface area contributed by atoms with Crippen LogP contribution < -0.4 is 0 Å². The number of hydrogen-bond acceptors (Lipinski definition) is 4. The zero-order valence-electron chi connectivity index (χ0n) is 14.3. The molecule has 0 saturated heterocycles. The number of methoxy groups -OCH3 is 1. The Balaban J connectivity index is 2.23. The molecule has 4 heteroatoms. The predicted octanol–water partition coefficient (Wildman–Crippen LogP) is 3.41. The topological polar surface area (TPSA) is 44.8 Å². The highest BCUT2D eigenvalue weighted by molar-refractivity contribution is 5.78. The molecule has 0 unspecified atom stereocenters. The summed E-state index contributed by atoms with van der Waals surface area (Å²) in [4.78, 5) is 12.8. The number of esters is 1. The molecule has 0 aromatic rings. The summed E-state index contributed by atoms with van der Waals surface area (Å²) in [5, 5.41) is 0. The van der Waals surface area contributed by atoms with E-state index in [4.69, 9.17) is 14.2 Å². The lowest BCUT2D eigenvalue weighted by molar-refractivity contribution is -0.168. The highest BCUT2D eigenvalue weighted by Gasteiger charge is 2.53. The molecule has 1 saturated carbocycles. The van der Waals surface area contributed by atoms with E-state index in [9.17, 15) is 4.79 Å². The van der Waals surface area contributed by atoms with Crippen molar-refractivity contribution >= 4 is 5.97 Å². The average Bonchev–Trinajstić information content (AvgIpc) is 2.49. The minimum atomic E-state index is -0.497.